The van der Waals surface area contributed by atoms with Gasteiger partial charge in [0.25, 0.3) is 0 Å². The fraction of sp³-hybridized carbons (Fsp3) is 0.286. The largest absolute Gasteiger partial charge is 0.486 e. The van der Waals surface area contributed by atoms with Crippen LogP contribution in [-0.2, 0) is 13.2 Å². The van der Waals surface area contributed by atoms with Crippen LogP contribution in [0.15, 0.2) is 30.6 Å². The minimum atomic E-state index is -0.532. The minimum absolute atomic E-state index is 0.134. The van der Waals surface area contributed by atoms with Crippen LogP contribution in [0, 0.1) is 5.82 Å². The smallest absolute Gasteiger partial charge is 0.165 e. The summed E-state index contributed by atoms with van der Waals surface area (Å²) in [5.41, 5.74) is 1.21. The molecule has 100 valence electrons. The molecule has 1 heterocycles. The number of aryl methyl sites for hydroxylation is 1. The van der Waals surface area contributed by atoms with Crippen LogP contribution in [0.5, 0.6) is 5.75 Å². The van der Waals surface area contributed by atoms with E-state index < -0.39 is 5.82 Å². The number of ether oxygens (including phenoxy) is 1. The van der Waals surface area contributed by atoms with Gasteiger partial charge in [-0.15, -0.1) is 0 Å². The Bertz CT molecular complexity index is 593. The number of carbonyl (C=O) groups is 1. The lowest BCUT2D eigenvalue weighted by atomic mass is 10.1. The van der Waals surface area contributed by atoms with Crippen LogP contribution in [0.4, 0.5) is 4.39 Å². The summed E-state index contributed by atoms with van der Waals surface area (Å²) in [6, 6.07) is 4.21. The predicted molar refractivity (Wildman–Crippen MR) is 68.6 cm³/mol. The average Bonchev–Trinajstić information content (AvgIpc) is 2.85. The molecule has 0 saturated carbocycles. The maximum Gasteiger partial charge on any atom is 0.165 e. The zero-order valence-corrected chi connectivity index (χ0v) is 10.9. The Morgan fingerprint density at radius 3 is 2.84 bits per heavy atom. The van der Waals surface area contributed by atoms with Gasteiger partial charge in [0, 0.05) is 23.9 Å². The summed E-state index contributed by atoms with van der Waals surface area (Å²) in [5, 5.41) is 4.10. The van der Waals surface area contributed by atoms with E-state index in [0.717, 1.165) is 12.1 Å². The van der Waals surface area contributed by atoms with E-state index in [9.17, 15) is 9.18 Å². The Morgan fingerprint density at radius 1 is 1.47 bits per heavy atom. The quantitative estimate of drug-likeness (QED) is 0.778. The highest BCUT2D eigenvalue weighted by Gasteiger charge is 2.08. The topological polar surface area (TPSA) is 44.1 Å². The van der Waals surface area contributed by atoms with Gasteiger partial charge in [-0.3, -0.25) is 9.48 Å². The number of hydrogen-bond acceptors (Lipinski definition) is 3. The summed E-state index contributed by atoms with van der Waals surface area (Å²) in [4.78, 5) is 11.1. The van der Waals surface area contributed by atoms with Crippen molar-refractivity contribution in [1.29, 1.82) is 0 Å². The minimum Gasteiger partial charge on any atom is -0.486 e. The number of hydrogen-bond donors (Lipinski definition) is 0. The van der Waals surface area contributed by atoms with Gasteiger partial charge < -0.3 is 4.74 Å². The number of rotatable bonds is 5. The summed E-state index contributed by atoms with van der Waals surface area (Å²) in [5.74, 6) is -0.570. The molecule has 0 aliphatic carbocycles. The number of aromatic nitrogens is 2. The number of nitrogens with zero attached hydrogens (tertiary/aromatic N) is 2. The molecule has 4 nitrogen and oxygen atoms in total. The van der Waals surface area contributed by atoms with Crippen molar-refractivity contribution in [2.45, 2.75) is 27.0 Å². The molecular weight excluding hydrogens is 247 g/mol. The molecule has 0 radical (unpaired) electrons. The SMILES string of the molecule is CCn1cc(COc2ccc(C(C)=O)cc2F)cn1. The fourth-order valence-corrected chi connectivity index (χ4v) is 1.65. The third-order valence-corrected chi connectivity index (χ3v) is 2.74. The highest BCUT2D eigenvalue weighted by molar-refractivity contribution is 5.94. The Kier molecular flexibility index (Phi) is 3.94. The second-order valence-electron chi connectivity index (χ2n) is 4.19. The Hall–Kier alpha value is -2.17. The first-order chi connectivity index (χ1) is 9.10. The van der Waals surface area contributed by atoms with Crippen LogP contribution in [-0.4, -0.2) is 15.6 Å². The van der Waals surface area contributed by atoms with Gasteiger partial charge in [-0.2, -0.15) is 5.10 Å². The van der Waals surface area contributed by atoms with Crippen molar-refractivity contribution >= 4 is 5.78 Å². The number of carbonyl (C=O) groups excluding carboxylic acids is 1. The maximum absolute atomic E-state index is 13.7. The monoisotopic (exact) mass is 262 g/mol. The molecule has 0 saturated heterocycles. The number of benzene rings is 1. The molecule has 0 aliphatic rings. The summed E-state index contributed by atoms with van der Waals surface area (Å²) >= 11 is 0. The van der Waals surface area contributed by atoms with Crippen LogP contribution in [0.25, 0.3) is 0 Å². The van der Waals surface area contributed by atoms with E-state index in [-0.39, 0.29) is 18.1 Å². The van der Waals surface area contributed by atoms with Gasteiger partial charge in [0.2, 0.25) is 0 Å². The molecule has 0 spiro atoms. The molecule has 2 rings (SSSR count). The molecule has 2 aromatic rings. The Labute approximate surface area is 110 Å². The van der Waals surface area contributed by atoms with Crippen molar-refractivity contribution in [3.8, 4) is 5.75 Å². The molecule has 1 aromatic carbocycles. The van der Waals surface area contributed by atoms with Crippen molar-refractivity contribution in [2.75, 3.05) is 0 Å². The van der Waals surface area contributed by atoms with Gasteiger partial charge in [-0.25, -0.2) is 4.39 Å². The summed E-state index contributed by atoms with van der Waals surface area (Å²) in [6.07, 6.45) is 3.53. The fourth-order valence-electron chi connectivity index (χ4n) is 1.65. The molecule has 0 atom stereocenters. The Balaban J connectivity index is 2.05. The lowest BCUT2D eigenvalue weighted by molar-refractivity contribution is 0.101. The molecule has 5 heteroatoms. The lowest BCUT2D eigenvalue weighted by Gasteiger charge is -2.06. The molecule has 0 bridgehead atoms. The summed E-state index contributed by atoms with van der Waals surface area (Å²) in [6.45, 7) is 4.41. The van der Waals surface area contributed by atoms with Crippen LogP contribution in [0.3, 0.4) is 0 Å². The van der Waals surface area contributed by atoms with Crippen LogP contribution in [0.2, 0.25) is 0 Å². The molecule has 0 unspecified atom stereocenters. The van der Waals surface area contributed by atoms with Gasteiger partial charge >= 0.3 is 0 Å². The second kappa shape index (κ2) is 5.65. The van der Waals surface area contributed by atoms with Gasteiger partial charge in [-0.05, 0) is 32.0 Å². The van der Waals surface area contributed by atoms with E-state index >= 15 is 0 Å². The molecule has 0 aliphatic heterocycles. The normalized spacial score (nSPS) is 10.5. The molecular formula is C14H15FN2O2. The van der Waals surface area contributed by atoms with Gasteiger partial charge in [0.1, 0.15) is 6.61 Å². The summed E-state index contributed by atoms with van der Waals surface area (Å²) in [7, 11) is 0. The van der Waals surface area contributed by atoms with Gasteiger partial charge in [-0.1, -0.05) is 0 Å². The molecule has 19 heavy (non-hydrogen) atoms. The number of ketones is 1. The first-order valence-electron chi connectivity index (χ1n) is 6.04. The second-order valence-corrected chi connectivity index (χ2v) is 4.19. The maximum atomic E-state index is 13.7. The van der Waals surface area contributed by atoms with Crippen LogP contribution < -0.4 is 4.74 Å². The lowest BCUT2D eigenvalue weighted by Crippen LogP contribution is -1.99. The highest BCUT2D eigenvalue weighted by Crippen LogP contribution is 2.19. The van der Waals surface area contributed by atoms with Crippen molar-refractivity contribution in [2.24, 2.45) is 0 Å². The summed E-state index contributed by atoms with van der Waals surface area (Å²) < 4.78 is 20.8. The first kappa shape index (κ1) is 13.3. The average molecular weight is 262 g/mol. The number of halogens is 1. The van der Waals surface area contributed by atoms with Crippen LogP contribution >= 0.6 is 0 Å². The van der Waals surface area contributed by atoms with E-state index in [2.05, 4.69) is 5.10 Å². The van der Waals surface area contributed by atoms with Crippen molar-refractivity contribution < 1.29 is 13.9 Å². The van der Waals surface area contributed by atoms with E-state index in [0.29, 0.717) is 5.56 Å². The van der Waals surface area contributed by atoms with Gasteiger partial charge in [0.15, 0.2) is 17.3 Å². The molecule has 0 N–H and O–H groups in total. The van der Waals surface area contributed by atoms with Crippen molar-refractivity contribution in [3.63, 3.8) is 0 Å². The molecule has 1 aromatic heterocycles. The third kappa shape index (κ3) is 3.19. The van der Waals surface area contributed by atoms with E-state index in [1.807, 2.05) is 13.1 Å². The first-order valence-corrected chi connectivity index (χ1v) is 6.04. The van der Waals surface area contributed by atoms with Crippen LogP contribution in [0.1, 0.15) is 29.8 Å². The van der Waals surface area contributed by atoms with Crippen molar-refractivity contribution in [1.82, 2.24) is 9.78 Å². The van der Waals surface area contributed by atoms with E-state index in [1.54, 1.807) is 16.9 Å². The molecule has 0 amide bonds. The highest BCUT2D eigenvalue weighted by atomic mass is 19.1. The third-order valence-electron chi connectivity index (χ3n) is 2.74. The van der Waals surface area contributed by atoms with E-state index in [4.69, 9.17) is 4.74 Å². The molecule has 0 fully saturated rings. The van der Waals surface area contributed by atoms with E-state index in [1.165, 1.54) is 19.1 Å². The van der Waals surface area contributed by atoms with Crippen molar-refractivity contribution in [3.05, 3.63) is 47.5 Å². The standard InChI is InChI=1S/C14H15FN2O2/c1-3-17-8-11(7-16-17)9-19-14-5-4-12(10(2)18)6-13(14)15/h4-8H,3,9H2,1-2H3. The zero-order valence-electron chi connectivity index (χ0n) is 10.9. The zero-order chi connectivity index (χ0) is 13.8. The predicted octanol–water partition coefficient (Wildman–Crippen LogP) is 2.82. The number of Topliss-reactive ketones (excluding diaryl/α,β-unsaturated/α-hetero) is 1. The van der Waals surface area contributed by atoms with Gasteiger partial charge in [0.05, 0.1) is 6.20 Å². The Morgan fingerprint density at radius 2 is 2.26 bits per heavy atom.